The number of hydrogen-bond acceptors (Lipinski definition) is 6. The monoisotopic (exact) mass is 268 g/mol. The molecule has 0 aromatic carbocycles. The Morgan fingerprint density at radius 3 is 2.94 bits per heavy atom. The number of aliphatic hydroxyl groups excluding tert-OH is 1. The Labute approximate surface area is 112 Å². The van der Waals surface area contributed by atoms with Gasteiger partial charge in [0.25, 0.3) is 0 Å². The van der Waals surface area contributed by atoms with Crippen molar-refractivity contribution < 1.29 is 5.11 Å². The molecule has 0 saturated heterocycles. The highest BCUT2D eigenvalue weighted by Crippen LogP contribution is 2.27. The fraction of sp³-hybridized carbons (Fsp3) is 0.667. The summed E-state index contributed by atoms with van der Waals surface area (Å²) in [5.74, 6) is 1.55. The van der Waals surface area contributed by atoms with Gasteiger partial charge in [-0.3, -0.25) is 0 Å². The van der Waals surface area contributed by atoms with Gasteiger partial charge in [0, 0.05) is 24.6 Å². The van der Waals surface area contributed by atoms with Crippen LogP contribution < -0.4 is 11.1 Å². The minimum atomic E-state index is 0.230. The van der Waals surface area contributed by atoms with E-state index in [9.17, 15) is 5.11 Å². The summed E-state index contributed by atoms with van der Waals surface area (Å²) < 4.78 is 0. The van der Waals surface area contributed by atoms with Crippen LogP contribution in [0.1, 0.15) is 25.7 Å². The van der Waals surface area contributed by atoms with Crippen LogP contribution in [0.15, 0.2) is 11.2 Å². The van der Waals surface area contributed by atoms with Gasteiger partial charge in [-0.25, -0.2) is 9.97 Å². The molecule has 100 valence electrons. The zero-order valence-corrected chi connectivity index (χ0v) is 11.4. The van der Waals surface area contributed by atoms with Crippen molar-refractivity contribution in [2.45, 2.75) is 36.9 Å². The van der Waals surface area contributed by atoms with E-state index in [1.54, 1.807) is 6.07 Å². The summed E-state index contributed by atoms with van der Waals surface area (Å²) in [7, 11) is 0. The third-order valence-corrected chi connectivity index (χ3v) is 3.93. The van der Waals surface area contributed by atoms with Crippen LogP contribution >= 0.6 is 11.8 Å². The molecule has 5 nitrogen and oxygen atoms in total. The van der Waals surface area contributed by atoms with Gasteiger partial charge in [-0.1, -0.05) is 24.6 Å². The Kier molecular flexibility index (Phi) is 4.66. The molecule has 6 heteroatoms. The van der Waals surface area contributed by atoms with Crippen LogP contribution in [-0.4, -0.2) is 34.0 Å². The molecule has 2 rings (SSSR count). The molecule has 1 fully saturated rings. The molecule has 1 aromatic rings. The van der Waals surface area contributed by atoms with Gasteiger partial charge < -0.3 is 16.2 Å². The zero-order valence-electron chi connectivity index (χ0n) is 10.6. The Morgan fingerprint density at radius 2 is 2.22 bits per heavy atom. The molecular weight excluding hydrogens is 248 g/mol. The van der Waals surface area contributed by atoms with Crippen LogP contribution in [0.2, 0.25) is 0 Å². The molecule has 0 spiro atoms. The molecule has 1 aromatic heterocycles. The second kappa shape index (κ2) is 6.24. The van der Waals surface area contributed by atoms with Gasteiger partial charge in [0.15, 0.2) is 5.16 Å². The summed E-state index contributed by atoms with van der Waals surface area (Å²) in [6, 6.07) is 2.04. The number of rotatable bonds is 4. The van der Waals surface area contributed by atoms with Gasteiger partial charge in [0.1, 0.15) is 11.6 Å². The first kappa shape index (κ1) is 13.4. The number of nitrogen functional groups attached to an aromatic ring is 1. The van der Waals surface area contributed by atoms with E-state index in [0.29, 0.717) is 16.9 Å². The van der Waals surface area contributed by atoms with Crippen molar-refractivity contribution in [3.05, 3.63) is 6.07 Å². The summed E-state index contributed by atoms with van der Waals surface area (Å²) >= 11 is 1.47. The van der Waals surface area contributed by atoms with Crippen LogP contribution in [0.25, 0.3) is 0 Å². The molecule has 2 unspecified atom stereocenters. The standard InChI is InChI=1S/C12H20N4OS/c1-18-12-15-10(13)6-11(16-12)14-9-5-3-2-4-8(9)7-17/h6,8-9,17H,2-5,7H2,1H3,(H3,13,14,15,16). The number of aromatic nitrogens is 2. The Bertz CT molecular complexity index is 402. The highest BCUT2D eigenvalue weighted by Gasteiger charge is 2.24. The molecule has 4 N–H and O–H groups in total. The predicted molar refractivity (Wildman–Crippen MR) is 74.7 cm³/mol. The van der Waals surface area contributed by atoms with Crippen LogP contribution in [0.5, 0.6) is 0 Å². The van der Waals surface area contributed by atoms with Gasteiger partial charge in [-0.2, -0.15) is 0 Å². The third-order valence-electron chi connectivity index (χ3n) is 3.38. The van der Waals surface area contributed by atoms with E-state index in [0.717, 1.165) is 18.7 Å². The molecule has 1 heterocycles. The van der Waals surface area contributed by atoms with E-state index >= 15 is 0 Å². The highest BCUT2D eigenvalue weighted by atomic mass is 32.2. The second-order valence-electron chi connectivity index (χ2n) is 4.64. The van der Waals surface area contributed by atoms with E-state index in [2.05, 4.69) is 15.3 Å². The number of nitrogens with zero attached hydrogens (tertiary/aromatic N) is 2. The number of thioether (sulfide) groups is 1. The maximum Gasteiger partial charge on any atom is 0.191 e. The predicted octanol–water partition coefficient (Wildman–Crippen LogP) is 1.74. The number of anilines is 2. The Hall–Kier alpha value is -1.01. The van der Waals surface area contributed by atoms with E-state index in [4.69, 9.17) is 5.73 Å². The molecule has 0 amide bonds. The maximum atomic E-state index is 9.39. The lowest BCUT2D eigenvalue weighted by atomic mass is 9.85. The molecule has 0 bridgehead atoms. The summed E-state index contributed by atoms with van der Waals surface area (Å²) in [6.45, 7) is 0.230. The smallest absolute Gasteiger partial charge is 0.191 e. The molecule has 1 aliphatic carbocycles. The average Bonchev–Trinajstić information content (AvgIpc) is 2.38. The molecule has 2 atom stereocenters. The van der Waals surface area contributed by atoms with Crippen molar-refractivity contribution in [3.63, 3.8) is 0 Å². The number of nitrogens with one attached hydrogen (secondary N) is 1. The summed E-state index contributed by atoms with van der Waals surface area (Å²) in [6.07, 6.45) is 6.47. The number of aliphatic hydroxyl groups is 1. The van der Waals surface area contributed by atoms with Crippen molar-refractivity contribution in [1.29, 1.82) is 0 Å². The van der Waals surface area contributed by atoms with Crippen LogP contribution in [0.3, 0.4) is 0 Å². The van der Waals surface area contributed by atoms with E-state index in [-0.39, 0.29) is 12.6 Å². The SMILES string of the molecule is CSc1nc(N)cc(NC2CCCCC2CO)n1. The van der Waals surface area contributed by atoms with Gasteiger partial charge >= 0.3 is 0 Å². The van der Waals surface area contributed by atoms with Crippen LogP contribution in [0.4, 0.5) is 11.6 Å². The van der Waals surface area contributed by atoms with Crippen molar-refractivity contribution in [1.82, 2.24) is 9.97 Å². The molecule has 0 aliphatic heterocycles. The largest absolute Gasteiger partial charge is 0.396 e. The lowest BCUT2D eigenvalue weighted by Crippen LogP contribution is -2.34. The van der Waals surface area contributed by atoms with Gasteiger partial charge in [-0.15, -0.1) is 0 Å². The van der Waals surface area contributed by atoms with Gasteiger partial charge in [0.05, 0.1) is 0 Å². The fourth-order valence-corrected chi connectivity index (χ4v) is 2.80. The summed E-state index contributed by atoms with van der Waals surface area (Å²) in [5.41, 5.74) is 5.75. The molecule has 1 aliphatic rings. The van der Waals surface area contributed by atoms with E-state index in [1.165, 1.54) is 24.6 Å². The topological polar surface area (TPSA) is 84.1 Å². The fourth-order valence-electron chi connectivity index (χ4n) is 2.41. The molecular formula is C12H20N4OS. The summed E-state index contributed by atoms with van der Waals surface area (Å²) in [4.78, 5) is 8.52. The third kappa shape index (κ3) is 3.26. The average molecular weight is 268 g/mol. The van der Waals surface area contributed by atoms with E-state index in [1.807, 2.05) is 6.26 Å². The first-order chi connectivity index (χ1) is 8.72. The lowest BCUT2D eigenvalue weighted by molar-refractivity contribution is 0.178. The van der Waals surface area contributed by atoms with Gasteiger partial charge in [0.2, 0.25) is 0 Å². The molecule has 1 saturated carbocycles. The normalized spacial score (nSPS) is 23.9. The van der Waals surface area contributed by atoms with Gasteiger partial charge in [-0.05, 0) is 19.1 Å². The minimum absolute atomic E-state index is 0.230. The van der Waals surface area contributed by atoms with Crippen LogP contribution in [0, 0.1) is 5.92 Å². The first-order valence-corrected chi connectivity index (χ1v) is 7.51. The Balaban J connectivity index is 2.09. The van der Waals surface area contributed by atoms with E-state index < -0.39 is 0 Å². The summed E-state index contributed by atoms with van der Waals surface area (Å²) in [5, 5.41) is 13.5. The molecule has 18 heavy (non-hydrogen) atoms. The number of nitrogens with two attached hydrogens (primary N) is 1. The minimum Gasteiger partial charge on any atom is -0.396 e. The van der Waals surface area contributed by atoms with Crippen molar-refractivity contribution in [2.75, 3.05) is 23.9 Å². The molecule has 0 radical (unpaired) electrons. The Morgan fingerprint density at radius 1 is 1.44 bits per heavy atom. The highest BCUT2D eigenvalue weighted by molar-refractivity contribution is 7.98. The van der Waals surface area contributed by atoms with Crippen molar-refractivity contribution in [2.24, 2.45) is 5.92 Å². The van der Waals surface area contributed by atoms with Crippen LogP contribution in [-0.2, 0) is 0 Å². The van der Waals surface area contributed by atoms with Crippen molar-refractivity contribution in [3.8, 4) is 0 Å². The maximum absolute atomic E-state index is 9.39. The second-order valence-corrected chi connectivity index (χ2v) is 5.42. The lowest BCUT2D eigenvalue weighted by Gasteiger charge is -2.31. The quantitative estimate of drug-likeness (QED) is 0.570. The first-order valence-electron chi connectivity index (χ1n) is 6.29. The van der Waals surface area contributed by atoms with Crippen molar-refractivity contribution >= 4 is 23.4 Å². The number of hydrogen-bond donors (Lipinski definition) is 3. The zero-order chi connectivity index (χ0) is 13.0.